The summed E-state index contributed by atoms with van der Waals surface area (Å²) in [6, 6.07) is 0.218. The standard InChI is InChI=1S/C29H52NO4P/c1-30(2,3)28-15-13-16-29(28)34-35(31,32)33-17-12-10-8-6-4-5-7-9-11-14-27-25-19-23-18-24(21-25)22-26(27)20-23/h14,23-26,28-29H,4-13,15-22H2,1-3H3/t23?,24?,25?,26?,28-,29-/m0/s1. The Kier molecular flexibility index (Phi) is 10.00. The van der Waals surface area contributed by atoms with Crippen LogP contribution in [0, 0.1) is 23.7 Å². The van der Waals surface area contributed by atoms with Crippen molar-refractivity contribution >= 4 is 7.82 Å². The first-order valence-electron chi connectivity index (χ1n) is 14.9. The Labute approximate surface area is 215 Å². The topological polar surface area (TPSA) is 58.6 Å². The van der Waals surface area contributed by atoms with Crippen LogP contribution in [0.25, 0.3) is 0 Å². The molecule has 5 nitrogen and oxygen atoms in total. The van der Waals surface area contributed by atoms with Crippen LogP contribution in [0.4, 0.5) is 0 Å². The van der Waals surface area contributed by atoms with E-state index >= 15 is 0 Å². The van der Waals surface area contributed by atoms with E-state index in [2.05, 4.69) is 27.2 Å². The normalized spacial score (nSPS) is 33.9. The predicted octanol–water partition coefficient (Wildman–Crippen LogP) is 7.01. The van der Waals surface area contributed by atoms with E-state index in [0.717, 1.165) is 66.7 Å². The third-order valence-electron chi connectivity index (χ3n) is 9.49. The summed E-state index contributed by atoms with van der Waals surface area (Å²) in [6.07, 6.45) is 23.6. The second kappa shape index (κ2) is 12.6. The minimum atomic E-state index is -4.21. The predicted molar refractivity (Wildman–Crippen MR) is 141 cm³/mol. The molecule has 0 radical (unpaired) electrons. The quantitative estimate of drug-likeness (QED) is 0.103. The van der Waals surface area contributed by atoms with Crippen molar-refractivity contribution in [2.75, 3.05) is 27.7 Å². The highest BCUT2D eigenvalue weighted by molar-refractivity contribution is 7.45. The lowest BCUT2D eigenvalue weighted by atomic mass is 9.54. The molecule has 5 fully saturated rings. The van der Waals surface area contributed by atoms with E-state index < -0.39 is 7.82 Å². The first-order valence-corrected chi connectivity index (χ1v) is 16.3. The Balaban J connectivity index is 0.978. The van der Waals surface area contributed by atoms with Crippen molar-refractivity contribution in [3.63, 3.8) is 0 Å². The number of nitrogens with zero attached hydrogens (tertiary/aromatic N) is 1. The summed E-state index contributed by atoms with van der Waals surface area (Å²) in [5.41, 5.74) is 1.86. The van der Waals surface area contributed by atoms with Crippen LogP contribution in [0.3, 0.4) is 0 Å². The Morgan fingerprint density at radius 3 is 2.03 bits per heavy atom. The van der Waals surface area contributed by atoms with Crippen molar-refractivity contribution in [3.8, 4) is 0 Å². The average molecular weight is 510 g/mol. The van der Waals surface area contributed by atoms with Crippen LogP contribution in [0.1, 0.15) is 109 Å². The summed E-state index contributed by atoms with van der Waals surface area (Å²) in [4.78, 5) is 12.3. The van der Waals surface area contributed by atoms with Crippen LogP contribution in [-0.4, -0.2) is 44.4 Å². The number of hydrogen-bond acceptors (Lipinski definition) is 4. The molecule has 0 heterocycles. The number of quaternary nitrogens is 1. The van der Waals surface area contributed by atoms with E-state index in [4.69, 9.17) is 9.05 Å². The molecule has 5 aliphatic carbocycles. The molecular weight excluding hydrogens is 457 g/mol. The molecule has 5 saturated carbocycles. The Bertz CT molecular complexity index is 715. The summed E-state index contributed by atoms with van der Waals surface area (Å²) in [6.45, 7) is 0.251. The molecule has 0 amide bonds. The number of likely N-dealkylation sites (N-methyl/N-ethyl adjacent to an activating group) is 1. The molecule has 0 N–H and O–H groups in total. The van der Waals surface area contributed by atoms with Gasteiger partial charge in [0.05, 0.1) is 27.7 Å². The molecule has 6 heteroatoms. The Hall–Kier alpha value is -0.190. The summed E-state index contributed by atoms with van der Waals surface area (Å²) in [7, 11) is 2.09. The van der Waals surface area contributed by atoms with Crippen molar-refractivity contribution in [2.45, 2.75) is 121 Å². The van der Waals surface area contributed by atoms with Crippen molar-refractivity contribution in [1.29, 1.82) is 0 Å². The number of phosphoric acid groups is 1. The lowest BCUT2D eigenvalue weighted by Crippen LogP contribution is -2.49. The van der Waals surface area contributed by atoms with E-state index in [9.17, 15) is 9.46 Å². The van der Waals surface area contributed by atoms with Gasteiger partial charge in [-0.25, -0.2) is 0 Å². The van der Waals surface area contributed by atoms with Gasteiger partial charge in [0.1, 0.15) is 12.1 Å². The summed E-state index contributed by atoms with van der Waals surface area (Å²) < 4.78 is 23.6. The molecule has 0 aromatic rings. The van der Waals surface area contributed by atoms with Gasteiger partial charge < -0.3 is 18.4 Å². The lowest BCUT2D eigenvalue weighted by Gasteiger charge is -2.51. The highest BCUT2D eigenvalue weighted by atomic mass is 31.2. The first kappa shape index (κ1) is 27.8. The van der Waals surface area contributed by atoms with Gasteiger partial charge in [-0.2, -0.15) is 0 Å². The number of allylic oxidation sites excluding steroid dienone is 2. The zero-order valence-corrected chi connectivity index (χ0v) is 23.7. The van der Waals surface area contributed by atoms with Crippen LogP contribution < -0.4 is 4.89 Å². The second-order valence-electron chi connectivity index (χ2n) is 13.2. The molecule has 3 atom stereocenters. The third kappa shape index (κ3) is 8.14. The third-order valence-corrected chi connectivity index (χ3v) is 10.5. The van der Waals surface area contributed by atoms with Gasteiger partial charge in [0.15, 0.2) is 0 Å². The Morgan fingerprint density at radius 2 is 1.43 bits per heavy atom. The monoisotopic (exact) mass is 509 g/mol. The van der Waals surface area contributed by atoms with Gasteiger partial charge in [0.2, 0.25) is 0 Å². The molecule has 0 aromatic carbocycles. The molecule has 35 heavy (non-hydrogen) atoms. The van der Waals surface area contributed by atoms with Crippen molar-refractivity contribution in [1.82, 2.24) is 0 Å². The molecule has 0 saturated heterocycles. The summed E-state index contributed by atoms with van der Waals surface area (Å²) >= 11 is 0. The maximum Gasteiger partial charge on any atom is 0.268 e. The first-order chi connectivity index (χ1) is 16.7. The van der Waals surface area contributed by atoms with Crippen LogP contribution in [0.15, 0.2) is 11.6 Å². The minimum Gasteiger partial charge on any atom is -0.756 e. The molecule has 5 aliphatic rings. The largest absolute Gasteiger partial charge is 0.756 e. The van der Waals surface area contributed by atoms with Crippen LogP contribution in [0.2, 0.25) is 0 Å². The van der Waals surface area contributed by atoms with Gasteiger partial charge >= 0.3 is 0 Å². The zero-order valence-electron chi connectivity index (χ0n) is 22.8. The smallest absolute Gasteiger partial charge is 0.268 e. The zero-order chi connectivity index (χ0) is 24.9. The lowest BCUT2D eigenvalue weighted by molar-refractivity contribution is -0.898. The maximum atomic E-state index is 12.3. The van der Waals surface area contributed by atoms with Gasteiger partial charge in [-0.15, -0.1) is 0 Å². The van der Waals surface area contributed by atoms with E-state index in [1.807, 2.05) is 5.57 Å². The molecule has 4 bridgehead atoms. The highest BCUT2D eigenvalue weighted by Gasteiger charge is 2.44. The number of hydrogen-bond donors (Lipinski definition) is 0. The summed E-state index contributed by atoms with van der Waals surface area (Å²) in [5.74, 6) is 4.05. The van der Waals surface area contributed by atoms with Crippen LogP contribution in [0.5, 0.6) is 0 Å². The van der Waals surface area contributed by atoms with Gasteiger partial charge in [0, 0.05) is 6.42 Å². The minimum absolute atomic E-state index is 0.218. The van der Waals surface area contributed by atoms with E-state index in [0.29, 0.717) is 0 Å². The number of rotatable bonds is 15. The molecule has 0 aliphatic heterocycles. The van der Waals surface area contributed by atoms with E-state index in [1.54, 1.807) is 6.42 Å². The molecule has 0 aromatic heterocycles. The molecule has 5 rings (SSSR count). The Morgan fingerprint density at radius 1 is 0.857 bits per heavy atom. The van der Waals surface area contributed by atoms with E-state index in [-0.39, 0.29) is 18.8 Å². The molecule has 202 valence electrons. The van der Waals surface area contributed by atoms with Crippen molar-refractivity contribution in [2.24, 2.45) is 23.7 Å². The van der Waals surface area contributed by atoms with Crippen LogP contribution in [-0.2, 0) is 13.6 Å². The van der Waals surface area contributed by atoms with Gasteiger partial charge in [-0.3, -0.25) is 4.57 Å². The molecular formula is C29H52NO4P. The van der Waals surface area contributed by atoms with Crippen molar-refractivity contribution < 1.29 is 23.0 Å². The molecule has 1 unspecified atom stereocenters. The van der Waals surface area contributed by atoms with Gasteiger partial charge in [-0.05, 0) is 87.9 Å². The van der Waals surface area contributed by atoms with Gasteiger partial charge in [-0.1, -0.05) is 50.2 Å². The van der Waals surface area contributed by atoms with Crippen molar-refractivity contribution in [3.05, 3.63) is 11.6 Å². The van der Waals surface area contributed by atoms with Crippen LogP contribution >= 0.6 is 7.82 Å². The fourth-order valence-electron chi connectivity index (χ4n) is 7.93. The SMILES string of the molecule is C[N+](C)(C)[C@H]1CCC[C@@H]1OP(=O)([O-])OCCCCCCCCCCC=C1C2CC3CC(C2)CC1C3. The fourth-order valence-corrected chi connectivity index (χ4v) is 8.92. The van der Waals surface area contributed by atoms with Gasteiger partial charge in [0.25, 0.3) is 7.82 Å². The number of unbranched alkanes of at least 4 members (excludes halogenated alkanes) is 8. The maximum absolute atomic E-state index is 12.3. The summed E-state index contributed by atoms with van der Waals surface area (Å²) in [5, 5.41) is 0. The fraction of sp³-hybridized carbons (Fsp3) is 0.931. The average Bonchev–Trinajstić information content (AvgIpc) is 3.23. The molecule has 0 spiro atoms. The highest BCUT2D eigenvalue weighted by Crippen LogP contribution is 2.56. The van der Waals surface area contributed by atoms with E-state index in [1.165, 1.54) is 64.2 Å². The second-order valence-corrected chi connectivity index (χ2v) is 14.5. The number of phosphoric ester groups is 1.